The molecule has 14 heteroatoms. The maximum absolute atomic E-state index is 14.0. The minimum Gasteiger partial charge on any atom is -0.444 e. The van der Waals surface area contributed by atoms with Crippen LogP contribution >= 0.6 is 0 Å². The second kappa shape index (κ2) is 13.8. The molecule has 0 unspecified atom stereocenters. The van der Waals surface area contributed by atoms with Crippen molar-refractivity contribution in [1.29, 1.82) is 0 Å². The van der Waals surface area contributed by atoms with Crippen LogP contribution in [0.1, 0.15) is 80.4 Å². The lowest BCUT2D eigenvalue weighted by Gasteiger charge is -2.43. The largest absolute Gasteiger partial charge is 0.444 e. The summed E-state index contributed by atoms with van der Waals surface area (Å²) in [5.41, 5.74) is -2.67. The van der Waals surface area contributed by atoms with Gasteiger partial charge in [-0.15, -0.1) is 0 Å². The first-order valence-electron chi connectivity index (χ1n) is 14.5. The van der Waals surface area contributed by atoms with E-state index in [1.165, 1.54) is 31.0 Å². The van der Waals surface area contributed by atoms with E-state index < -0.39 is 59.1 Å². The quantitative estimate of drug-likeness (QED) is 0.240. The van der Waals surface area contributed by atoms with E-state index in [2.05, 4.69) is 10.6 Å². The van der Waals surface area contributed by atoms with Crippen molar-refractivity contribution in [3.63, 3.8) is 0 Å². The Labute approximate surface area is 258 Å². The van der Waals surface area contributed by atoms with Gasteiger partial charge in [0.2, 0.25) is 0 Å². The molecule has 7 nitrogen and oxygen atoms in total. The number of nitrogens with one attached hydrogen (secondary N) is 2. The van der Waals surface area contributed by atoms with Crippen molar-refractivity contribution in [3.8, 4) is 0 Å². The van der Waals surface area contributed by atoms with Crippen molar-refractivity contribution >= 4 is 12.1 Å². The van der Waals surface area contributed by atoms with Gasteiger partial charge in [-0.1, -0.05) is 6.07 Å². The molecule has 1 fully saturated rings. The molecule has 3 rings (SSSR count). The maximum atomic E-state index is 14.0. The summed E-state index contributed by atoms with van der Waals surface area (Å²) in [7, 11) is 1.32. The summed E-state index contributed by atoms with van der Waals surface area (Å²) >= 11 is 0. The zero-order valence-corrected chi connectivity index (χ0v) is 26.0. The van der Waals surface area contributed by atoms with Crippen LogP contribution < -0.4 is 10.6 Å². The van der Waals surface area contributed by atoms with E-state index in [1.807, 2.05) is 0 Å². The van der Waals surface area contributed by atoms with Crippen LogP contribution in [0.15, 0.2) is 36.4 Å². The fourth-order valence-electron chi connectivity index (χ4n) is 5.25. The second-order valence-corrected chi connectivity index (χ2v) is 12.2. The average molecular weight is 649 g/mol. The number of carbonyl (C=O) groups is 2. The first-order chi connectivity index (χ1) is 20.7. The third-order valence-electron chi connectivity index (χ3n) is 7.64. The first kappa shape index (κ1) is 35.9. The number of aryl methyl sites for hydroxylation is 1. The number of likely N-dealkylation sites (tertiary alicyclic amines) is 1. The molecule has 0 bridgehead atoms. The van der Waals surface area contributed by atoms with Gasteiger partial charge in [0.1, 0.15) is 11.4 Å². The molecule has 0 aliphatic carbocycles. The molecule has 2 aromatic carbocycles. The lowest BCUT2D eigenvalue weighted by Crippen LogP contribution is -2.51. The van der Waals surface area contributed by atoms with Crippen LogP contribution in [0, 0.1) is 12.7 Å². The molecule has 45 heavy (non-hydrogen) atoms. The highest BCUT2D eigenvalue weighted by molar-refractivity contribution is 5.75. The maximum Gasteiger partial charge on any atom is 0.416 e. The van der Waals surface area contributed by atoms with Gasteiger partial charge in [-0.3, -0.25) is 0 Å². The number of piperidine rings is 1. The van der Waals surface area contributed by atoms with Gasteiger partial charge in [-0.2, -0.15) is 26.3 Å². The van der Waals surface area contributed by atoms with E-state index in [0.29, 0.717) is 42.6 Å². The number of nitrogens with zero attached hydrogens (tertiary/aromatic N) is 2. The van der Waals surface area contributed by atoms with Crippen LogP contribution in [0.2, 0.25) is 0 Å². The summed E-state index contributed by atoms with van der Waals surface area (Å²) in [5, 5.41) is 6.00. The third kappa shape index (κ3) is 9.72. The molecule has 3 amide bonds. The summed E-state index contributed by atoms with van der Waals surface area (Å²) in [6.45, 7) is 9.14. The fraction of sp³-hybridized carbons (Fsp3) is 0.548. The Balaban J connectivity index is 1.82. The summed E-state index contributed by atoms with van der Waals surface area (Å²) < 4.78 is 100. The van der Waals surface area contributed by atoms with Crippen LogP contribution in [0.4, 0.5) is 40.3 Å². The molecule has 0 saturated carbocycles. The molecule has 0 aromatic heterocycles. The molecule has 3 atom stereocenters. The van der Waals surface area contributed by atoms with Crippen molar-refractivity contribution in [1.82, 2.24) is 20.4 Å². The Bertz CT molecular complexity index is 1330. The summed E-state index contributed by atoms with van der Waals surface area (Å²) in [5.74, 6) is -0.469. The highest BCUT2D eigenvalue weighted by atomic mass is 19.4. The van der Waals surface area contributed by atoms with E-state index in [0.717, 1.165) is 4.90 Å². The van der Waals surface area contributed by atoms with Crippen molar-refractivity contribution < 1.29 is 45.1 Å². The number of hydrogen-bond acceptors (Lipinski definition) is 4. The first-order valence-corrected chi connectivity index (χ1v) is 14.5. The second-order valence-electron chi connectivity index (χ2n) is 12.2. The number of halogens is 7. The van der Waals surface area contributed by atoms with Crippen LogP contribution in [-0.2, 0) is 17.1 Å². The monoisotopic (exact) mass is 648 g/mol. The molecular formula is C31H39F7N4O3. The number of hydrogen-bond donors (Lipinski definition) is 2. The van der Waals surface area contributed by atoms with Crippen LogP contribution in [0.25, 0.3) is 0 Å². The lowest BCUT2D eigenvalue weighted by atomic mass is 9.89. The van der Waals surface area contributed by atoms with E-state index in [1.54, 1.807) is 33.8 Å². The number of ether oxygens (including phenoxy) is 1. The summed E-state index contributed by atoms with van der Waals surface area (Å²) in [6, 6.07) is 2.99. The van der Waals surface area contributed by atoms with Crippen LogP contribution in [0.5, 0.6) is 0 Å². The fourth-order valence-corrected chi connectivity index (χ4v) is 5.25. The Kier molecular flexibility index (Phi) is 11.0. The number of alkyl carbamates (subject to hydrolysis) is 1. The highest BCUT2D eigenvalue weighted by Crippen LogP contribution is 2.39. The van der Waals surface area contributed by atoms with Crippen molar-refractivity contribution in [3.05, 3.63) is 70.0 Å². The predicted octanol–water partition coefficient (Wildman–Crippen LogP) is 7.60. The molecule has 2 aromatic rings. The number of rotatable bonds is 7. The lowest BCUT2D eigenvalue weighted by molar-refractivity contribution is -0.143. The molecule has 1 saturated heterocycles. The number of alkyl halides is 6. The normalized spacial score (nSPS) is 18.4. The van der Waals surface area contributed by atoms with Gasteiger partial charge in [0.25, 0.3) is 0 Å². The van der Waals surface area contributed by atoms with Gasteiger partial charge in [-0.25, -0.2) is 14.0 Å². The molecule has 1 aliphatic heterocycles. The minimum atomic E-state index is -5.03. The van der Waals surface area contributed by atoms with Gasteiger partial charge < -0.3 is 25.2 Å². The topological polar surface area (TPSA) is 73.9 Å². The molecule has 0 radical (unpaired) electrons. The average Bonchev–Trinajstić information content (AvgIpc) is 2.92. The molecular weight excluding hydrogens is 609 g/mol. The summed E-state index contributed by atoms with van der Waals surface area (Å²) in [4.78, 5) is 28.4. The molecule has 2 N–H and O–H groups in total. The number of benzene rings is 2. The van der Waals surface area contributed by atoms with Gasteiger partial charge in [0, 0.05) is 32.7 Å². The Morgan fingerprint density at radius 2 is 1.60 bits per heavy atom. The molecule has 250 valence electrons. The Hall–Kier alpha value is -3.55. The van der Waals surface area contributed by atoms with Crippen molar-refractivity contribution in [2.24, 2.45) is 0 Å². The Morgan fingerprint density at radius 1 is 1.00 bits per heavy atom. The number of carbonyl (C=O) groups excluding carboxylic acids is 2. The minimum absolute atomic E-state index is 0.0478. The number of urea groups is 1. The van der Waals surface area contributed by atoms with Gasteiger partial charge in [0.15, 0.2) is 0 Å². The highest BCUT2D eigenvalue weighted by Gasteiger charge is 2.39. The van der Waals surface area contributed by atoms with Crippen molar-refractivity contribution in [2.45, 2.75) is 83.5 Å². The van der Waals surface area contributed by atoms with Gasteiger partial charge in [-0.05, 0) is 94.5 Å². The summed E-state index contributed by atoms with van der Waals surface area (Å²) in [6.07, 6.45) is -9.76. The molecule has 0 spiro atoms. The molecule has 1 aliphatic rings. The van der Waals surface area contributed by atoms with E-state index in [4.69, 9.17) is 4.74 Å². The SMILES string of the molecule is Cc1cc(F)ccc1[C@H]1C[C@H](NCCNC(=O)OC(C)(C)C)CCN1C(=O)N(C)[C@H](C)c1cc(C(F)(F)F)cc(C(F)(F)F)c1. The zero-order valence-electron chi connectivity index (χ0n) is 26.0. The van der Waals surface area contributed by atoms with Crippen molar-refractivity contribution in [2.75, 3.05) is 26.7 Å². The van der Waals surface area contributed by atoms with Gasteiger partial charge in [0.05, 0.1) is 23.2 Å². The number of amides is 3. The van der Waals surface area contributed by atoms with E-state index in [9.17, 15) is 40.3 Å². The predicted molar refractivity (Wildman–Crippen MR) is 154 cm³/mol. The zero-order chi connectivity index (χ0) is 33.9. The van der Waals surface area contributed by atoms with Crippen LogP contribution in [-0.4, -0.2) is 60.2 Å². The Morgan fingerprint density at radius 3 is 2.13 bits per heavy atom. The standard InChI is InChI=1S/C31H39F7N4O3/c1-18-13-23(32)7-8-25(18)26-17-24(39-10-11-40-27(43)45-29(3,4)5)9-12-42(26)28(44)41(6)19(2)20-14-21(30(33,34)35)16-22(15-20)31(36,37)38/h7-8,13-16,19,24,26,39H,9-12,17H2,1-6H3,(H,40,43)/t19-,24-,26-/m1/s1. The third-order valence-corrected chi connectivity index (χ3v) is 7.64. The molecule has 1 heterocycles. The van der Waals surface area contributed by atoms with Gasteiger partial charge >= 0.3 is 24.5 Å². The van der Waals surface area contributed by atoms with E-state index in [-0.39, 0.29) is 30.8 Å². The van der Waals surface area contributed by atoms with Crippen LogP contribution in [0.3, 0.4) is 0 Å². The smallest absolute Gasteiger partial charge is 0.416 e. The van der Waals surface area contributed by atoms with E-state index >= 15 is 0 Å².